The Hall–Kier alpha value is -2.77. The van der Waals surface area contributed by atoms with Gasteiger partial charge in [0.1, 0.15) is 11.9 Å². The second kappa shape index (κ2) is 9.62. The second-order valence-electron chi connectivity index (χ2n) is 6.53. The Bertz CT molecular complexity index is 901. The topological polar surface area (TPSA) is 94.1 Å². The lowest BCUT2D eigenvalue weighted by Gasteiger charge is -2.24. The lowest BCUT2D eigenvalue weighted by Crippen LogP contribution is -2.27. The summed E-state index contributed by atoms with van der Waals surface area (Å²) < 4.78 is 16.3. The van der Waals surface area contributed by atoms with Gasteiger partial charge in [-0.1, -0.05) is 23.7 Å². The molecule has 0 aliphatic carbocycles. The van der Waals surface area contributed by atoms with E-state index in [1.165, 1.54) is 7.11 Å². The molecule has 3 rings (SSSR count). The maximum Gasteiger partial charge on any atom is 0.406 e. The molecule has 0 aromatic heterocycles. The van der Waals surface area contributed by atoms with E-state index in [-0.39, 0.29) is 18.7 Å². The first-order valence-electron chi connectivity index (χ1n) is 9.21. The molecule has 0 saturated heterocycles. The molecule has 2 aromatic carbocycles. The predicted molar refractivity (Wildman–Crippen MR) is 107 cm³/mol. The van der Waals surface area contributed by atoms with Crippen molar-refractivity contribution < 1.29 is 28.9 Å². The number of hydrogen-bond donors (Lipinski definition) is 2. The maximum absolute atomic E-state index is 11.8. The van der Waals surface area contributed by atoms with Gasteiger partial charge < -0.3 is 24.6 Å². The van der Waals surface area contributed by atoms with Gasteiger partial charge >= 0.3 is 12.1 Å². The van der Waals surface area contributed by atoms with E-state index in [0.29, 0.717) is 34.9 Å². The van der Waals surface area contributed by atoms with Gasteiger partial charge in [-0.3, -0.25) is 0 Å². The van der Waals surface area contributed by atoms with Crippen molar-refractivity contribution in [3.63, 3.8) is 0 Å². The summed E-state index contributed by atoms with van der Waals surface area (Å²) in [7, 11) is 1.28. The van der Waals surface area contributed by atoms with Crippen LogP contribution in [0.3, 0.4) is 0 Å². The number of halogens is 1. The number of hydrogen-bond acceptors (Lipinski definition) is 5. The number of nitrogens with one attached hydrogen (secondary N) is 1. The third-order valence-electron chi connectivity index (χ3n) is 4.59. The third kappa shape index (κ3) is 5.19. The number of carboxylic acid groups (broad SMARTS) is 1. The Morgan fingerprint density at radius 1 is 1.28 bits per heavy atom. The number of benzene rings is 2. The highest BCUT2D eigenvalue weighted by Crippen LogP contribution is 2.35. The number of aromatic carboxylic acids is 1. The van der Waals surface area contributed by atoms with Crippen LogP contribution in [0.2, 0.25) is 5.02 Å². The van der Waals surface area contributed by atoms with Crippen molar-refractivity contribution >= 4 is 23.7 Å². The molecule has 0 radical (unpaired) electrons. The highest BCUT2D eigenvalue weighted by molar-refractivity contribution is 6.30. The van der Waals surface area contributed by atoms with Gasteiger partial charge in [0.2, 0.25) is 0 Å². The van der Waals surface area contributed by atoms with Crippen LogP contribution in [0.4, 0.5) is 4.79 Å². The van der Waals surface area contributed by atoms with Crippen molar-refractivity contribution in [1.29, 1.82) is 0 Å². The molecular weight excluding hydrogens is 398 g/mol. The van der Waals surface area contributed by atoms with Gasteiger partial charge in [0.05, 0.1) is 25.9 Å². The molecule has 0 fully saturated rings. The minimum atomic E-state index is -1.01. The molecule has 154 valence electrons. The fourth-order valence-electron chi connectivity index (χ4n) is 3.28. The van der Waals surface area contributed by atoms with E-state index in [1.54, 1.807) is 24.3 Å². The molecule has 0 bridgehead atoms. The van der Waals surface area contributed by atoms with Crippen molar-refractivity contribution in [2.24, 2.45) is 0 Å². The lowest BCUT2D eigenvalue weighted by atomic mass is 9.93. The van der Waals surface area contributed by atoms with Gasteiger partial charge in [-0.25, -0.2) is 9.59 Å². The van der Waals surface area contributed by atoms with Crippen LogP contribution >= 0.6 is 11.6 Å². The van der Waals surface area contributed by atoms with Crippen molar-refractivity contribution in [1.82, 2.24) is 5.32 Å². The highest BCUT2D eigenvalue weighted by atomic mass is 35.5. The highest BCUT2D eigenvalue weighted by Gasteiger charge is 2.24. The number of ether oxygens (including phenoxy) is 3. The second-order valence-corrected chi connectivity index (χ2v) is 6.96. The van der Waals surface area contributed by atoms with E-state index >= 15 is 0 Å². The van der Waals surface area contributed by atoms with Crippen molar-refractivity contribution in [2.75, 3.05) is 26.9 Å². The minimum absolute atomic E-state index is 0.187. The maximum atomic E-state index is 11.8. The number of carbonyl (C=O) groups excluding carboxylic acids is 1. The Labute approximate surface area is 173 Å². The summed E-state index contributed by atoms with van der Waals surface area (Å²) in [6.45, 7) is 0.963. The number of rotatable bonds is 7. The average molecular weight is 420 g/mol. The smallest absolute Gasteiger partial charge is 0.406 e. The Balaban J connectivity index is 1.94. The largest absolute Gasteiger partial charge is 0.493 e. The van der Waals surface area contributed by atoms with Gasteiger partial charge in [0, 0.05) is 17.1 Å². The fraction of sp³-hybridized carbons (Fsp3) is 0.333. The zero-order valence-corrected chi connectivity index (χ0v) is 16.7. The number of carboxylic acids is 1. The molecule has 0 spiro atoms. The van der Waals surface area contributed by atoms with Crippen LogP contribution in [0.25, 0.3) is 0 Å². The van der Waals surface area contributed by atoms with Gasteiger partial charge in [-0.05, 0) is 48.2 Å². The summed E-state index contributed by atoms with van der Waals surface area (Å²) in [5.74, 6) is -0.444. The first-order chi connectivity index (χ1) is 14.0. The Kier molecular flexibility index (Phi) is 6.95. The molecule has 0 saturated carbocycles. The average Bonchev–Trinajstić information content (AvgIpc) is 2.72. The summed E-state index contributed by atoms with van der Waals surface area (Å²) in [5.41, 5.74) is 2.32. The van der Waals surface area contributed by atoms with Gasteiger partial charge in [0.15, 0.2) is 0 Å². The molecule has 2 N–H and O–H groups in total. The third-order valence-corrected chi connectivity index (χ3v) is 4.82. The fourth-order valence-corrected chi connectivity index (χ4v) is 3.48. The molecule has 1 heterocycles. The number of methoxy groups -OCH3 is 1. The van der Waals surface area contributed by atoms with Crippen LogP contribution in [0.5, 0.6) is 5.75 Å². The molecule has 29 heavy (non-hydrogen) atoms. The standard InChI is InChI=1S/C21H22ClNO6/c1-27-21(26)23-7-9-29-19(13-4-2-5-15(22)10-13)14-11-17(20(24)25)16-6-3-8-28-18(16)12-14/h2,4-5,10-12,19H,3,6-9H2,1H3,(H,23,26)(H,24,25). The molecule has 1 atom stereocenters. The van der Waals surface area contributed by atoms with E-state index in [0.717, 1.165) is 12.0 Å². The zero-order valence-electron chi connectivity index (χ0n) is 15.9. The molecule has 8 heteroatoms. The molecule has 1 unspecified atom stereocenters. The number of carbonyl (C=O) groups is 2. The SMILES string of the molecule is COC(=O)NCCOC(c1cccc(Cl)c1)c1cc2c(c(C(=O)O)c1)CCCO2. The van der Waals surface area contributed by atoms with E-state index in [9.17, 15) is 14.7 Å². The van der Waals surface area contributed by atoms with Crippen LogP contribution in [0.15, 0.2) is 36.4 Å². The summed E-state index contributed by atoms with van der Waals surface area (Å²) in [6, 6.07) is 10.6. The normalized spacial score (nSPS) is 13.7. The van der Waals surface area contributed by atoms with Crippen molar-refractivity contribution in [2.45, 2.75) is 18.9 Å². The van der Waals surface area contributed by atoms with Crippen LogP contribution in [-0.2, 0) is 15.9 Å². The van der Waals surface area contributed by atoms with Crippen LogP contribution in [0.1, 0.15) is 39.6 Å². The molecule has 1 amide bonds. The molecule has 1 aliphatic rings. The van der Waals surface area contributed by atoms with E-state index in [4.69, 9.17) is 21.1 Å². The van der Waals surface area contributed by atoms with Crippen molar-refractivity contribution in [3.8, 4) is 5.75 Å². The molecule has 2 aromatic rings. The Morgan fingerprint density at radius 2 is 2.10 bits per heavy atom. The van der Waals surface area contributed by atoms with Crippen LogP contribution in [0, 0.1) is 0 Å². The molecular formula is C21H22ClNO6. The van der Waals surface area contributed by atoms with E-state index in [1.807, 2.05) is 12.1 Å². The summed E-state index contributed by atoms with van der Waals surface area (Å²) in [4.78, 5) is 23.1. The predicted octanol–water partition coefficient (Wildman–Crippen LogP) is 3.83. The van der Waals surface area contributed by atoms with Gasteiger partial charge in [-0.15, -0.1) is 0 Å². The first kappa shape index (κ1) is 21.0. The molecule has 7 nitrogen and oxygen atoms in total. The van der Waals surface area contributed by atoms with Gasteiger partial charge in [0.25, 0.3) is 0 Å². The molecule has 1 aliphatic heterocycles. The summed E-state index contributed by atoms with van der Waals surface area (Å²) in [6.07, 6.45) is 0.300. The monoisotopic (exact) mass is 419 g/mol. The van der Waals surface area contributed by atoms with Crippen LogP contribution in [-0.4, -0.2) is 44.0 Å². The van der Waals surface area contributed by atoms with E-state index < -0.39 is 18.2 Å². The van der Waals surface area contributed by atoms with Crippen LogP contribution < -0.4 is 10.1 Å². The quantitative estimate of drug-likeness (QED) is 0.662. The lowest BCUT2D eigenvalue weighted by molar-refractivity contribution is 0.0690. The zero-order chi connectivity index (χ0) is 20.8. The van der Waals surface area contributed by atoms with Gasteiger partial charge in [-0.2, -0.15) is 0 Å². The Morgan fingerprint density at radius 3 is 2.83 bits per heavy atom. The number of alkyl carbamates (subject to hydrolysis) is 1. The van der Waals surface area contributed by atoms with E-state index in [2.05, 4.69) is 10.1 Å². The summed E-state index contributed by atoms with van der Waals surface area (Å²) >= 11 is 6.15. The summed E-state index contributed by atoms with van der Waals surface area (Å²) in [5, 5.41) is 12.8. The first-order valence-corrected chi connectivity index (χ1v) is 9.59. The van der Waals surface area contributed by atoms with Crippen molar-refractivity contribution in [3.05, 3.63) is 63.7 Å². The minimum Gasteiger partial charge on any atom is -0.493 e. The number of amides is 1. The number of fused-ring (bicyclic) bond motifs is 1.